The van der Waals surface area contributed by atoms with E-state index in [2.05, 4.69) is 9.88 Å². The van der Waals surface area contributed by atoms with Gasteiger partial charge < -0.3 is 20.1 Å². The minimum absolute atomic E-state index is 0.639. The number of para-hydroxylation sites is 1. The highest BCUT2D eigenvalue weighted by Gasteiger charge is 2.14. The number of nitrogens with zero attached hydrogens (tertiary/aromatic N) is 2. The second-order valence-electron chi connectivity index (χ2n) is 4.55. The molecule has 0 spiro atoms. The number of hydrogen-bond acceptors (Lipinski definition) is 5. The van der Waals surface area contributed by atoms with Crippen molar-refractivity contribution in [2.45, 2.75) is 0 Å². The van der Waals surface area contributed by atoms with Crippen molar-refractivity contribution in [2.24, 2.45) is 0 Å². The van der Waals surface area contributed by atoms with Gasteiger partial charge in [-0.05, 0) is 6.07 Å². The molecule has 0 fully saturated rings. The Balaban J connectivity index is 2.42. The highest BCUT2D eigenvalue weighted by atomic mass is 16.5. The number of rotatable bonds is 7. The molecule has 0 saturated heterocycles. The molecular formula is C15H21N3O2. The van der Waals surface area contributed by atoms with E-state index in [1.807, 2.05) is 24.3 Å². The molecule has 0 radical (unpaired) electrons. The summed E-state index contributed by atoms with van der Waals surface area (Å²) in [6.07, 6.45) is 1.71. The predicted molar refractivity (Wildman–Crippen MR) is 82.1 cm³/mol. The zero-order valence-corrected chi connectivity index (χ0v) is 12.0. The first-order valence-corrected chi connectivity index (χ1v) is 6.64. The van der Waals surface area contributed by atoms with E-state index >= 15 is 0 Å². The number of aromatic nitrogens is 1. The van der Waals surface area contributed by atoms with Crippen LogP contribution in [0.5, 0.6) is 0 Å². The molecule has 0 unspecified atom stereocenters. The van der Waals surface area contributed by atoms with Gasteiger partial charge in [0.2, 0.25) is 0 Å². The highest BCUT2D eigenvalue weighted by Crippen LogP contribution is 2.31. The molecule has 2 aromatic rings. The quantitative estimate of drug-likeness (QED) is 0.836. The Hall–Kier alpha value is -1.85. The molecule has 1 heterocycles. The Morgan fingerprint density at radius 1 is 1.10 bits per heavy atom. The second kappa shape index (κ2) is 7.07. The highest BCUT2D eigenvalue weighted by molar-refractivity contribution is 5.97. The largest absolute Gasteiger partial charge is 0.396 e. The van der Waals surface area contributed by atoms with Gasteiger partial charge in [0.1, 0.15) is 0 Å². The van der Waals surface area contributed by atoms with Crippen molar-refractivity contribution in [1.29, 1.82) is 0 Å². The number of methoxy groups -OCH3 is 2. The van der Waals surface area contributed by atoms with Crippen LogP contribution in [0.4, 0.5) is 11.4 Å². The first-order chi connectivity index (χ1) is 9.77. The molecule has 0 saturated carbocycles. The fraction of sp³-hybridized carbons (Fsp3) is 0.400. The lowest BCUT2D eigenvalue weighted by atomic mass is 10.1. The van der Waals surface area contributed by atoms with Crippen LogP contribution in [0.15, 0.2) is 30.5 Å². The number of fused-ring (bicyclic) bond motifs is 1. The molecule has 0 aliphatic carbocycles. The van der Waals surface area contributed by atoms with Crippen LogP contribution in [0.2, 0.25) is 0 Å². The molecule has 1 aromatic heterocycles. The van der Waals surface area contributed by atoms with Crippen molar-refractivity contribution < 1.29 is 9.47 Å². The molecule has 0 aliphatic heterocycles. The van der Waals surface area contributed by atoms with Gasteiger partial charge >= 0.3 is 0 Å². The summed E-state index contributed by atoms with van der Waals surface area (Å²) in [4.78, 5) is 6.56. The van der Waals surface area contributed by atoms with Gasteiger partial charge in [0.25, 0.3) is 0 Å². The van der Waals surface area contributed by atoms with E-state index in [1.54, 1.807) is 20.4 Å². The van der Waals surface area contributed by atoms with Crippen molar-refractivity contribution >= 4 is 22.3 Å². The van der Waals surface area contributed by atoms with Crippen LogP contribution in [0.3, 0.4) is 0 Å². The number of pyridine rings is 1. The van der Waals surface area contributed by atoms with Gasteiger partial charge in [-0.3, -0.25) is 4.98 Å². The summed E-state index contributed by atoms with van der Waals surface area (Å²) in [6, 6.07) is 8.01. The molecule has 5 nitrogen and oxygen atoms in total. The second-order valence-corrected chi connectivity index (χ2v) is 4.55. The maximum Gasteiger partial charge on any atom is 0.0745 e. The number of nitrogens with two attached hydrogens (primary N) is 1. The normalized spacial score (nSPS) is 10.9. The first kappa shape index (κ1) is 14.6. The van der Waals surface area contributed by atoms with E-state index in [1.165, 1.54) is 0 Å². The Labute approximate surface area is 119 Å². The SMILES string of the molecule is COCCN(CCOC)c1c(N)cnc2ccccc12. The lowest BCUT2D eigenvalue weighted by Gasteiger charge is -2.26. The van der Waals surface area contributed by atoms with E-state index in [9.17, 15) is 0 Å². The van der Waals surface area contributed by atoms with Crippen molar-refractivity contribution in [3.63, 3.8) is 0 Å². The molecule has 0 bridgehead atoms. The molecule has 5 heteroatoms. The van der Waals surface area contributed by atoms with Crippen LogP contribution in [0.1, 0.15) is 0 Å². The fourth-order valence-corrected chi connectivity index (χ4v) is 2.23. The van der Waals surface area contributed by atoms with Crippen LogP contribution >= 0.6 is 0 Å². The monoisotopic (exact) mass is 275 g/mol. The fourth-order valence-electron chi connectivity index (χ4n) is 2.23. The summed E-state index contributed by atoms with van der Waals surface area (Å²) in [7, 11) is 3.39. The minimum atomic E-state index is 0.639. The number of nitrogen functional groups attached to an aromatic ring is 1. The van der Waals surface area contributed by atoms with Gasteiger partial charge in [0.15, 0.2) is 0 Å². The van der Waals surface area contributed by atoms with Gasteiger partial charge in [0.05, 0.1) is 36.3 Å². The average molecular weight is 275 g/mol. The van der Waals surface area contributed by atoms with Crippen LogP contribution in [0.25, 0.3) is 10.9 Å². The third-order valence-corrected chi connectivity index (χ3v) is 3.22. The summed E-state index contributed by atoms with van der Waals surface area (Å²) >= 11 is 0. The van der Waals surface area contributed by atoms with Gasteiger partial charge in [-0.15, -0.1) is 0 Å². The zero-order chi connectivity index (χ0) is 14.4. The van der Waals surface area contributed by atoms with Crippen LogP contribution in [-0.4, -0.2) is 45.5 Å². The number of benzene rings is 1. The Morgan fingerprint density at radius 3 is 2.40 bits per heavy atom. The lowest BCUT2D eigenvalue weighted by Crippen LogP contribution is -2.31. The third kappa shape index (κ3) is 3.18. The van der Waals surface area contributed by atoms with Crippen molar-refractivity contribution in [1.82, 2.24) is 4.98 Å². The maximum atomic E-state index is 6.15. The standard InChI is InChI=1S/C15H21N3O2/c1-19-9-7-18(8-10-20-2)15-12-5-3-4-6-14(12)17-11-13(15)16/h3-6,11H,7-10,16H2,1-2H3. The van der Waals surface area contributed by atoms with E-state index < -0.39 is 0 Å². The average Bonchev–Trinajstić information content (AvgIpc) is 2.48. The summed E-state index contributed by atoms with van der Waals surface area (Å²) in [5, 5.41) is 1.06. The molecule has 0 aliphatic rings. The topological polar surface area (TPSA) is 60.6 Å². The van der Waals surface area contributed by atoms with Crippen LogP contribution < -0.4 is 10.6 Å². The van der Waals surface area contributed by atoms with Gasteiger partial charge in [-0.2, -0.15) is 0 Å². The van der Waals surface area contributed by atoms with E-state index in [4.69, 9.17) is 15.2 Å². The first-order valence-electron chi connectivity index (χ1n) is 6.64. The van der Waals surface area contributed by atoms with E-state index in [0.717, 1.165) is 29.7 Å². The van der Waals surface area contributed by atoms with E-state index in [0.29, 0.717) is 18.9 Å². The van der Waals surface area contributed by atoms with Crippen LogP contribution in [-0.2, 0) is 9.47 Å². The lowest BCUT2D eigenvalue weighted by molar-refractivity contribution is 0.190. The molecule has 20 heavy (non-hydrogen) atoms. The number of hydrogen-bond donors (Lipinski definition) is 1. The smallest absolute Gasteiger partial charge is 0.0745 e. The molecule has 2 rings (SSSR count). The van der Waals surface area contributed by atoms with Gasteiger partial charge in [0, 0.05) is 32.7 Å². The van der Waals surface area contributed by atoms with Crippen molar-refractivity contribution in [3.8, 4) is 0 Å². The number of anilines is 2. The molecular weight excluding hydrogens is 254 g/mol. The van der Waals surface area contributed by atoms with Gasteiger partial charge in [-0.1, -0.05) is 18.2 Å². The molecule has 108 valence electrons. The zero-order valence-electron chi connectivity index (χ0n) is 12.0. The molecule has 1 aromatic carbocycles. The summed E-state index contributed by atoms with van der Waals surface area (Å²) in [5.74, 6) is 0. The molecule has 0 amide bonds. The summed E-state index contributed by atoms with van der Waals surface area (Å²) in [6.45, 7) is 2.80. The Bertz CT molecular complexity index is 552. The molecule has 0 atom stereocenters. The number of ether oxygens (including phenoxy) is 2. The summed E-state index contributed by atoms with van der Waals surface area (Å²) < 4.78 is 10.4. The van der Waals surface area contributed by atoms with Crippen molar-refractivity contribution in [2.75, 3.05) is 51.2 Å². The Morgan fingerprint density at radius 2 is 1.75 bits per heavy atom. The van der Waals surface area contributed by atoms with Crippen LogP contribution in [0, 0.1) is 0 Å². The Kier molecular flexibility index (Phi) is 5.15. The third-order valence-electron chi connectivity index (χ3n) is 3.22. The maximum absolute atomic E-state index is 6.15. The van der Waals surface area contributed by atoms with Gasteiger partial charge in [-0.25, -0.2) is 0 Å². The van der Waals surface area contributed by atoms with Crippen molar-refractivity contribution in [3.05, 3.63) is 30.5 Å². The minimum Gasteiger partial charge on any atom is -0.396 e. The predicted octanol–water partition coefficient (Wildman–Crippen LogP) is 1.92. The van der Waals surface area contributed by atoms with E-state index in [-0.39, 0.29) is 0 Å². The summed E-state index contributed by atoms with van der Waals surface area (Å²) in [5.41, 5.74) is 8.77. The molecule has 2 N–H and O–H groups in total.